The van der Waals surface area contributed by atoms with Gasteiger partial charge in [0.2, 0.25) is 5.95 Å². The van der Waals surface area contributed by atoms with Crippen molar-refractivity contribution >= 4 is 33.4 Å². The van der Waals surface area contributed by atoms with Crippen molar-refractivity contribution in [3.05, 3.63) is 34.4 Å². The molecule has 0 amide bonds. The SMILES string of the molecule is Cc1ccc(Nc2nncc(NC(C)(C)C)n2)cc1Br. The zero-order valence-corrected chi connectivity index (χ0v) is 13.6. The van der Waals surface area contributed by atoms with Gasteiger partial charge in [0.1, 0.15) is 0 Å². The largest absolute Gasteiger partial charge is 0.364 e. The molecule has 1 heterocycles. The highest BCUT2D eigenvalue weighted by Gasteiger charge is 2.11. The van der Waals surface area contributed by atoms with E-state index in [1.54, 1.807) is 6.20 Å². The van der Waals surface area contributed by atoms with E-state index in [0.717, 1.165) is 10.2 Å². The maximum atomic E-state index is 4.39. The molecule has 0 aliphatic carbocycles. The van der Waals surface area contributed by atoms with Crippen LogP contribution < -0.4 is 10.6 Å². The number of nitrogens with one attached hydrogen (secondary N) is 2. The molecule has 2 N–H and O–H groups in total. The summed E-state index contributed by atoms with van der Waals surface area (Å²) in [4.78, 5) is 4.39. The maximum Gasteiger partial charge on any atom is 0.249 e. The molecule has 20 heavy (non-hydrogen) atoms. The fourth-order valence-electron chi connectivity index (χ4n) is 1.60. The number of hydrogen-bond donors (Lipinski definition) is 2. The second-order valence-corrected chi connectivity index (χ2v) is 6.48. The first-order valence-electron chi connectivity index (χ1n) is 6.34. The Balaban J connectivity index is 2.17. The molecule has 0 atom stereocenters. The highest BCUT2D eigenvalue weighted by molar-refractivity contribution is 9.10. The van der Waals surface area contributed by atoms with Crippen molar-refractivity contribution in [2.45, 2.75) is 33.2 Å². The third-order valence-electron chi connectivity index (χ3n) is 2.49. The van der Waals surface area contributed by atoms with Crippen LogP contribution in [0.2, 0.25) is 0 Å². The van der Waals surface area contributed by atoms with Crippen LogP contribution >= 0.6 is 15.9 Å². The molecule has 6 heteroatoms. The third kappa shape index (κ3) is 4.16. The monoisotopic (exact) mass is 335 g/mol. The number of aromatic nitrogens is 3. The predicted molar refractivity (Wildman–Crippen MR) is 85.4 cm³/mol. The molecule has 0 fully saturated rings. The Kier molecular flexibility index (Phi) is 4.23. The molecule has 2 aromatic rings. The van der Waals surface area contributed by atoms with Crippen molar-refractivity contribution in [1.29, 1.82) is 0 Å². The Labute approximate surface area is 127 Å². The molecule has 2 rings (SSSR count). The van der Waals surface area contributed by atoms with E-state index in [-0.39, 0.29) is 5.54 Å². The van der Waals surface area contributed by atoms with Crippen LogP contribution in [0.25, 0.3) is 0 Å². The van der Waals surface area contributed by atoms with Crippen LogP contribution in [0.15, 0.2) is 28.9 Å². The van der Waals surface area contributed by atoms with Crippen LogP contribution in [0.1, 0.15) is 26.3 Å². The molecular weight excluding hydrogens is 318 g/mol. The molecule has 106 valence electrons. The Morgan fingerprint density at radius 3 is 2.60 bits per heavy atom. The molecule has 0 aliphatic heterocycles. The molecule has 0 aliphatic rings. The summed E-state index contributed by atoms with van der Waals surface area (Å²) in [6.07, 6.45) is 1.61. The van der Waals surface area contributed by atoms with Crippen LogP contribution in [0.5, 0.6) is 0 Å². The molecule has 0 spiro atoms. The fraction of sp³-hybridized carbons (Fsp3) is 0.357. The van der Waals surface area contributed by atoms with Crippen molar-refractivity contribution < 1.29 is 0 Å². The van der Waals surface area contributed by atoms with Crippen molar-refractivity contribution in [1.82, 2.24) is 15.2 Å². The summed E-state index contributed by atoms with van der Waals surface area (Å²) in [7, 11) is 0. The lowest BCUT2D eigenvalue weighted by molar-refractivity contribution is 0.629. The van der Waals surface area contributed by atoms with E-state index in [1.807, 2.05) is 25.1 Å². The fourth-order valence-corrected chi connectivity index (χ4v) is 1.98. The number of aryl methyl sites for hydroxylation is 1. The molecular formula is C14H18BrN5. The first-order chi connectivity index (χ1) is 9.33. The maximum absolute atomic E-state index is 4.39. The van der Waals surface area contributed by atoms with Crippen molar-refractivity contribution in [2.24, 2.45) is 0 Å². The molecule has 0 bridgehead atoms. The number of hydrogen-bond acceptors (Lipinski definition) is 5. The molecule has 0 saturated carbocycles. The first kappa shape index (κ1) is 14.7. The van der Waals surface area contributed by atoms with E-state index in [4.69, 9.17) is 0 Å². The lowest BCUT2D eigenvalue weighted by Gasteiger charge is -2.20. The number of anilines is 3. The summed E-state index contributed by atoms with van der Waals surface area (Å²) in [6, 6.07) is 5.99. The van der Waals surface area contributed by atoms with Gasteiger partial charge in [-0.3, -0.25) is 0 Å². The van der Waals surface area contributed by atoms with Gasteiger partial charge in [-0.15, -0.1) is 5.10 Å². The Hall–Kier alpha value is -1.69. The topological polar surface area (TPSA) is 62.7 Å². The van der Waals surface area contributed by atoms with Gasteiger partial charge in [0, 0.05) is 15.7 Å². The second kappa shape index (κ2) is 5.75. The summed E-state index contributed by atoms with van der Waals surface area (Å²) in [5.41, 5.74) is 2.02. The minimum absolute atomic E-state index is 0.0693. The van der Waals surface area contributed by atoms with Crippen LogP contribution in [0.3, 0.4) is 0 Å². The van der Waals surface area contributed by atoms with E-state index in [9.17, 15) is 0 Å². The molecule has 1 aromatic heterocycles. The summed E-state index contributed by atoms with van der Waals surface area (Å²) in [6.45, 7) is 8.25. The summed E-state index contributed by atoms with van der Waals surface area (Å²) < 4.78 is 1.04. The number of halogens is 1. The van der Waals surface area contributed by atoms with Crippen molar-refractivity contribution in [2.75, 3.05) is 10.6 Å². The van der Waals surface area contributed by atoms with Gasteiger partial charge in [0.15, 0.2) is 5.82 Å². The molecule has 0 unspecified atom stereocenters. The molecule has 5 nitrogen and oxygen atoms in total. The second-order valence-electron chi connectivity index (χ2n) is 5.63. The molecule has 0 radical (unpaired) electrons. The third-order valence-corrected chi connectivity index (χ3v) is 3.34. The number of nitrogens with zero attached hydrogens (tertiary/aromatic N) is 3. The van der Waals surface area contributed by atoms with Crippen LogP contribution in [0.4, 0.5) is 17.5 Å². The van der Waals surface area contributed by atoms with Crippen LogP contribution in [-0.4, -0.2) is 20.7 Å². The normalized spacial score (nSPS) is 11.2. The summed E-state index contributed by atoms with van der Waals surface area (Å²) in [5, 5.41) is 14.4. The van der Waals surface area contributed by atoms with E-state index in [2.05, 4.69) is 62.5 Å². The van der Waals surface area contributed by atoms with E-state index in [1.165, 1.54) is 5.56 Å². The Bertz CT molecular complexity index is 607. The van der Waals surface area contributed by atoms with Gasteiger partial charge in [-0.2, -0.15) is 10.1 Å². The first-order valence-corrected chi connectivity index (χ1v) is 7.14. The highest BCUT2D eigenvalue weighted by atomic mass is 79.9. The Morgan fingerprint density at radius 2 is 1.95 bits per heavy atom. The average Bonchev–Trinajstić information content (AvgIpc) is 2.32. The minimum Gasteiger partial charge on any atom is -0.364 e. The van der Waals surface area contributed by atoms with Crippen molar-refractivity contribution in [3.8, 4) is 0 Å². The van der Waals surface area contributed by atoms with Gasteiger partial charge in [-0.05, 0) is 45.4 Å². The van der Waals surface area contributed by atoms with Gasteiger partial charge in [0.25, 0.3) is 0 Å². The lowest BCUT2D eigenvalue weighted by Crippen LogP contribution is -2.27. The number of rotatable bonds is 3. The van der Waals surface area contributed by atoms with Crippen LogP contribution in [-0.2, 0) is 0 Å². The van der Waals surface area contributed by atoms with Gasteiger partial charge >= 0.3 is 0 Å². The zero-order chi connectivity index (χ0) is 14.8. The van der Waals surface area contributed by atoms with E-state index in [0.29, 0.717) is 11.8 Å². The Morgan fingerprint density at radius 1 is 1.20 bits per heavy atom. The highest BCUT2D eigenvalue weighted by Crippen LogP contribution is 2.22. The van der Waals surface area contributed by atoms with E-state index >= 15 is 0 Å². The minimum atomic E-state index is -0.0693. The van der Waals surface area contributed by atoms with Gasteiger partial charge in [-0.25, -0.2) is 0 Å². The summed E-state index contributed by atoms with van der Waals surface area (Å²) >= 11 is 3.50. The zero-order valence-electron chi connectivity index (χ0n) is 12.0. The smallest absolute Gasteiger partial charge is 0.249 e. The number of benzene rings is 1. The van der Waals surface area contributed by atoms with Gasteiger partial charge in [-0.1, -0.05) is 22.0 Å². The van der Waals surface area contributed by atoms with Gasteiger partial charge < -0.3 is 10.6 Å². The standard InChI is InChI=1S/C14H18BrN5/c1-9-5-6-10(7-11(9)15)17-13-18-12(8-16-20-13)19-14(2,3)4/h5-8H,1-4H3,(H2,17,18,19,20). The molecule has 1 aromatic carbocycles. The predicted octanol–water partition coefficient (Wildman–Crippen LogP) is 3.90. The molecule has 0 saturated heterocycles. The van der Waals surface area contributed by atoms with Crippen LogP contribution in [0, 0.1) is 6.92 Å². The average molecular weight is 336 g/mol. The quantitative estimate of drug-likeness (QED) is 0.890. The lowest BCUT2D eigenvalue weighted by atomic mass is 10.1. The summed E-state index contributed by atoms with van der Waals surface area (Å²) in [5.74, 6) is 1.16. The van der Waals surface area contributed by atoms with E-state index < -0.39 is 0 Å². The van der Waals surface area contributed by atoms with Gasteiger partial charge in [0.05, 0.1) is 6.20 Å². The van der Waals surface area contributed by atoms with Crippen molar-refractivity contribution in [3.63, 3.8) is 0 Å².